The molecule has 1 heterocycles. The Bertz CT molecular complexity index is 714. The molecular weight excluding hydrogens is 344 g/mol. The minimum absolute atomic E-state index is 0.0486. The Hall–Kier alpha value is -1.43. The number of methoxy groups -OCH3 is 2. The summed E-state index contributed by atoms with van der Waals surface area (Å²) in [6.45, 7) is 8.65. The molecule has 150 valence electrons. The minimum Gasteiger partial charge on any atom is -0.481 e. The van der Waals surface area contributed by atoms with Crippen LogP contribution in [-0.2, 0) is 24.4 Å². The SMILES string of the molecule is COC1O[C@@H](OC)c2c1ccc(C1(C)CCC(C)(C)CC1)c2[C@@H](C)C(=O)O. The van der Waals surface area contributed by atoms with Crippen molar-refractivity contribution in [3.05, 3.63) is 34.4 Å². The highest BCUT2D eigenvalue weighted by Crippen LogP contribution is 2.52. The Morgan fingerprint density at radius 2 is 1.70 bits per heavy atom. The van der Waals surface area contributed by atoms with Gasteiger partial charge >= 0.3 is 5.97 Å². The summed E-state index contributed by atoms with van der Waals surface area (Å²) in [6.07, 6.45) is 3.22. The van der Waals surface area contributed by atoms with Crippen molar-refractivity contribution in [2.45, 2.75) is 77.3 Å². The van der Waals surface area contributed by atoms with Crippen molar-refractivity contribution in [1.82, 2.24) is 0 Å². The van der Waals surface area contributed by atoms with Crippen molar-refractivity contribution in [3.63, 3.8) is 0 Å². The van der Waals surface area contributed by atoms with E-state index in [1.165, 1.54) is 0 Å². The van der Waals surface area contributed by atoms with Gasteiger partial charge in [0.1, 0.15) is 0 Å². The second-order valence-corrected chi connectivity index (χ2v) is 9.09. The van der Waals surface area contributed by atoms with Gasteiger partial charge in [0.2, 0.25) is 0 Å². The molecule has 1 saturated carbocycles. The lowest BCUT2D eigenvalue weighted by Gasteiger charge is -2.43. The zero-order valence-corrected chi connectivity index (χ0v) is 17.3. The normalized spacial score (nSPS) is 27.2. The number of fused-ring (bicyclic) bond motifs is 1. The molecule has 1 aliphatic heterocycles. The Morgan fingerprint density at radius 3 is 2.22 bits per heavy atom. The largest absolute Gasteiger partial charge is 0.481 e. The molecule has 1 fully saturated rings. The summed E-state index contributed by atoms with van der Waals surface area (Å²) in [4.78, 5) is 12.0. The fraction of sp³-hybridized carbons (Fsp3) is 0.682. The van der Waals surface area contributed by atoms with Crippen LogP contribution < -0.4 is 0 Å². The van der Waals surface area contributed by atoms with Crippen molar-refractivity contribution in [2.75, 3.05) is 14.2 Å². The third-order valence-electron chi connectivity index (χ3n) is 6.65. The number of carboxylic acids is 1. The highest BCUT2D eigenvalue weighted by molar-refractivity contribution is 5.77. The molecule has 1 unspecified atom stereocenters. The maximum absolute atomic E-state index is 12.0. The first-order valence-electron chi connectivity index (χ1n) is 9.74. The van der Waals surface area contributed by atoms with Crippen molar-refractivity contribution < 1.29 is 24.1 Å². The van der Waals surface area contributed by atoms with Gasteiger partial charge in [-0.25, -0.2) is 0 Å². The van der Waals surface area contributed by atoms with Gasteiger partial charge < -0.3 is 19.3 Å². The van der Waals surface area contributed by atoms with E-state index in [4.69, 9.17) is 14.2 Å². The number of rotatable bonds is 5. The number of hydrogen-bond acceptors (Lipinski definition) is 4. The third-order valence-corrected chi connectivity index (χ3v) is 6.65. The molecule has 5 nitrogen and oxygen atoms in total. The number of carboxylic acid groups (broad SMARTS) is 1. The molecule has 3 rings (SSSR count). The van der Waals surface area contributed by atoms with E-state index in [1.54, 1.807) is 21.1 Å². The summed E-state index contributed by atoms with van der Waals surface area (Å²) in [5, 5.41) is 9.83. The molecule has 27 heavy (non-hydrogen) atoms. The van der Waals surface area contributed by atoms with Crippen molar-refractivity contribution in [2.24, 2.45) is 5.41 Å². The Balaban J connectivity index is 2.17. The molecule has 5 heteroatoms. The van der Waals surface area contributed by atoms with E-state index in [0.29, 0.717) is 5.41 Å². The van der Waals surface area contributed by atoms with Crippen LogP contribution in [0.25, 0.3) is 0 Å². The van der Waals surface area contributed by atoms with Gasteiger partial charge in [-0.15, -0.1) is 0 Å². The van der Waals surface area contributed by atoms with Gasteiger partial charge in [0, 0.05) is 25.3 Å². The molecule has 1 N–H and O–H groups in total. The molecule has 0 saturated heterocycles. The number of benzene rings is 1. The molecule has 1 aliphatic carbocycles. The number of carbonyl (C=O) groups is 1. The lowest BCUT2D eigenvalue weighted by Crippen LogP contribution is -2.34. The molecule has 0 bridgehead atoms. The first kappa shape index (κ1) is 20.3. The maximum atomic E-state index is 12.0. The second-order valence-electron chi connectivity index (χ2n) is 9.09. The van der Waals surface area contributed by atoms with E-state index in [-0.39, 0.29) is 5.41 Å². The van der Waals surface area contributed by atoms with Crippen LogP contribution in [0, 0.1) is 5.41 Å². The highest BCUT2D eigenvalue weighted by atomic mass is 16.8. The van der Waals surface area contributed by atoms with Crippen LogP contribution in [0.2, 0.25) is 0 Å². The minimum atomic E-state index is -0.833. The van der Waals surface area contributed by atoms with Crippen LogP contribution in [-0.4, -0.2) is 25.3 Å². The summed E-state index contributed by atoms with van der Waals surface area (Å²) in [6, 6.07) is 4.13. The zero-order chi connectivity index (χ0) is 20.0. The Labute approximate surface area is 162 Å². The zero-order valence-electron chi connectivity index (χ0n) is 17.3. The lowest BCUT2D eigenvalue weighted by atomic mass is 9.61. The lowest BCUT2D eigenvalue weighted by molar-refractivity contribution is -0.217. The van der Waals surface area contributed by atoms with Crippen LogP contribution >= 0.6 is 0 Å². The number of aliphatic carboxylic acids is 1. The monoisotopic (exact) mass is 376 g/mol. The van der Waals surface area contributed by atoms with E-state index in [2.05, 4.69) is 26.8 Å². The number of ether oxygens (including phenoxy) is 3. The van der Waals surface area contributed by atoms with Crippen LogP contribution in [0.4, 0.5) is 0 Å². The average Bonchev–Trinajstić information content (AvgIpc) is 3.01. The predicted octanol–water partition coefficient (Wildman–Crippen LogP) is 5.05. The van der Waals surface area contributed by atoms with Crippen molar-refractivity contribution >= 4 is 5.97 Å². The van der Waals surface area contributed by atoms with Gasteiger partial charge in [-0.05, 0) is 54.6 Å². The van der Waals surface area contributed by atoms with Gasteiger partial charge in [0.05, 0.1) is 5.92 Å². The van der Waals surface area contributed by atoms with Crippen LogP contribution in [0.5, 0.6) is 0 Å². The summed E-state index contributed by atoms with van der Waals surface area (Å²) >= 11 is 0. The van der Waals surface area contributed by atoms with E-state index >= 15 is 0 Å². The molecule has 0 spiro atoms. The van der Waals surface area contributed by atoms with Crippen LogP contribution in [0.3, 0.4) is 0 Å². The van der Waals surface area contributed by atoms with Crippen molar-refractivity contribution in [1.29, 1.82) is 0 Å². The van der Waals surface area contributed by atoms with Crippen LogP contribution in [0.15, 0.2) is 12.1 Å². The molecule has 0 aromatic heterocycles. The summed E-state index contributed by atoms with van der Waals surface area (Å²) < 4.78 is 16.9. The fourth-order valence-corrected chi connectivity index (χ4v) is 4.60. The molecular formula is C22H32O5. The summed E-state index contributed by atoms with van der Waals surface area (Å²) in [7, 11) is 3.17. The van der Waals surface area contributed by atoms with Gasteiger partial charge in [0.15, 0.2) is 12.6 Å². The van der Waals surface area contributed by atoms with Gasteiger partial charge in [-0.1, -0.05) is 32.9 Å². The number of hydrogen-bond donors (Lipinski definition) is 1. The van der Waals surface area contributed by atoms with E-state index in [9.17, 15) is 9.90 Å². The quantitative estimate of drug-likeness (QED) is 0.779. The van der Waals surface area contributed by atoms with Gasteiger partial charge in [-0.2, -0.15) is 0 Å². The standard InChI is InChI=1S/C22H32O5/c1-13(18(23)24)16-15(22(4)11-9-21(2,3)10-12-22)8-7-14-17(16)20(26-6)27-19(14)25-5/h7-8,13,19-20H,9-12H2,1-6H3,(H,23,24)/t13-,19?,20-/m1/s1. The molecule has 3 atom stereocenters. The first-order valence-corrected chi connectivity index (χ1v) is 9.74. The molecule has 1 aromatic carbocycles. The molecule has 1 aromatic rings. The Morgan fingerprint density at radius 1 is 1.11 bits per heavy atom. The average molecular weight is 376 g/mol. The fourth-order valence-electron chi connectivity index (χ4n) is 4.60. The smallest absolute Gasteiger partial charge is 0.310 e. The molecule has 0 radical (unpaired) electrons. The third kappa shape index (κ3) is 3.53. The predicted molar refractivity (Wildman–Crippen MR) is 103 cm³/mol. The van der Waals surface area contributed by atoms with Crippen LogP contribution in [0.1, 0.15) is 94.1 Å². The van der Waals surface area contributed by atoms with E-state index in [0.717, 1.165) is 47.9 Å². The van der Waals surface area contributed by atoms with Crippen molar-refractivity contribution in [3.8, 4) is 0 Å². The summed E-state index contributed by atoms with van der Waals surface area (Å²) in [5.74, 6) is -1.47. The van der Waals surface area contributed by atoms with Gasteiger partial charge in [0.25, 0.3) is 0 Å². The molecule has 2 aliphatic rings. The maximum Gasteiger partial charge on any atom is 0.310 e. The highest BCUT2D eigenvalue weighted by Gasteiger charge is 2.43. The van der Waals surface area contributed by atoms with E-state index < -0.39 is 24.5 Å². The Kier molecular flexibility index (Phi) is 5.41. The molecule has 0 amide bonds. The van der Waals surface area contributed by atoms with Gasteiger partial charge in [-0.3, -0.25) is 4.79 Å². The second kappa shape index (κ2) is 7.19. The van der Waals surface area contributed by atoms with E-state index in [1.807, 2.05) is 6.07 Å². The summed E-state index contributed by atoms with van der Waals surface area (Å²) in [5.41, 5.74) is 3.96. The topological polar surface area (TPSA) is 65.0 Å². The first-order chi connectivity index (χ1) is 12.6.